The molecule has 0 amide bonds. The van der Waals surface area contributed by atoms with Crippen LogP contribution in [0.1, 0.15) is 19.4 Å². The average Bonchev–Trinajstić information content (AvgIpc) is 2.27. The standard InChI is InChI=1S/C13H15BrO2/c1-6-13(2,3)9-7-10(14)12(16-5)11(8-9)15-4/h1,7-8H,2-5H3. The summed E-state index contributed by atoms with van der Waals surface area (Å²) in [4.78, 5) is 0. The monoisotopic (exact) mass is 282 g/mol. The van der Waals surface area contributed by atoms with Crippen molar-refractivity contribution in [2.45, 2.75) is 19.3 Å². The molecular formula is C13H15BrO2. The van der Waals surface area contributed by atoms with E-state index in [0.717, 1.165) is 10.0 Å². The summed E-state index contributed by atoms with van der Waals surface area (Å²) < 4.78 is 11.4. The normalized spacial score (nSPS) is 10.8. The highest BCUT2D eigenvalue weighted by molar-refractivity contribution is 9.10. The van der Waals surface area contributed by atoms with E-state index in [2.05, 4.69) is 21.9 Å². The highest BCUT2D eigenvalue weighted by Crippen LogP contribution is 2.39. The molecule has 0 unspecified atom stereocenters. The van der Waals surface area contributed by atoms with Gasteiger partial charge in [-0.2, -0.15) is 0 Å². The molecule has 0 N–H and O–H groups in total. The lowest BCUT2D eigenvalue weighted by atomic mass is 9.85. The molecule has 0 atom stereocenters. The Bertz CT molecular complexity index is 430. The largest absolute Gasteiger partial charge is 0.493 e. The fourth-order valence-electron chi connectivity index (χ4n) is 1.36. The zero-order valence-corrected chi connectivity index (χ0v) is 11.5. The maximum Gasteiger partial charge on any atom is 0.174 e. The van der Waals surface area contributed by atoms with E-state index in [-0.39, 0.29) is 5.41 Å². The van der Waals surface area contributed by atoms with Gasteiger partial charge < -0.3 is 9.47 Å². The van der Waals surface area contributed by atoms with Crippen LogP contribution in [0.25, 0.3) is 0 Å². The molecule has 2 nitrogen and oxygen atoms in total. The van der Waals surface area contributed by atoms with Crippen molar-refractivity contribution in [3.63, 3.8) is 0 Å². The molecule has 0 aliphatic heterocycles. The van der Waals surface area contributed by atoms with Crippen LogP contribution in [0.2, 0.25) is 0 Å². The molecule has 0 spiro atoms. The molecule has 0 bridgehead atoms. The molecule has 86 valence electrons. The van der Waals surface area contributed by atoms with Crippen molar-refractivity contribution in [2.75, 3.05) is 14.2 Å². The highest BCUT2D eigenvalue weighted by atomic mass is 79.9. The summed E-state index contributed by atoms with van der Waals surface area (Å²) in [5.41, 5.74) is 0.682. The minimum Gasteiger partial charge on any atom is -0.493 e. The summed E-state index contributed by atoms with van der Waals surface area (Å²) >= 11 is 3.45. The van der Waals surface area contributed by atoms with Crippen LogP contribution in [-0.2, 0) is 5.41 Å². The predicted molar refractivity (Wildman–Crippen MR) is 69.1 cm³/mol. The van der Waals surface area contributed by atoms with Crippen LogP contribution in [0.15, 0.2) is 16.6 Å². The summed E-state index contributed by atoms with van der Waals surface area (Å²) in [5, 5.41) is 0. The first-order valence-corrected chi connectivity index (χ1v) is 5.65. The van der Waals surface area contributed by atoms with Crippen LogP contribution in [-0.4, -0.2) is 14.2 Å². The van der Waals surface area contributed by atoms with Gasteiger partial charge in [-0.1, -0.05) is 5.92 Å². The first kappa shape index (κ1) is 12.9. The number of methoxy groups -OCH3 is 2. The van der Waals surface area contributed by atoms with Gasteiger partial charge in [0.1, 0.15) is 0 Å². The van der Waals surface area contributed by atoms with E-state index in [4.69, 9.17) is 15.9 Å². The molecule has 0 aromatic heterocycles. The quantitative estimate of drug-likeness (QED) is 0.792. The molecule has 16 heavy (non-hydrogen) atoms. The Kier molecular flexibility index (Phi) is 3.88. The second-order valence-electron chi connectivity index (χ2n) is 3.96. The molecule has 0 fully saturated rings. The lowest BCUT2D eigenvalue weighted by Gasteiger charge is -2.20. The van der Waals surface area contributed by atoms with Gasteiger partial charge in [0.2, 0.25) is 0 Å². The molecular weight excluding hydrogens is 268 g/mol. The number of benzene rings is 1. The third-order valence-electron chi connectivity index (χ3n) is 2.52. The maximum absolute atomic E-state index is 5.51. The molecule has 0 radical (unpaired) electrons. The van der Waals surface area contributed by atoms with Crippen molar-refractivity contribution in [1.82, 2.24) is 0 Å². The zero-order valence-electron chi connectivity index (χ0n) is 9.93. The number of terminal acetylenes is 1. The Morgan fingerprint density at radius 2 is 1.88 bits per heavy atom. The second kappa shape index (κ2) is 4.80. The van der Waals surface area contributed by atoms with Crippen molar-refractivity contribution < 1.29 is 9.47 Å². The van der Waals surface area contributed by atoms with Crippen LogP contribution in [0.3, 0.4) is 0 Å². The molecule has 1 rings (SSSR count). The van der Waals surface area contributed by atoms with Gasteiger partial charge in [0.25, 0.3) is 0 Å². The number of halogens is 1. The number of hydrogen-bond acceptors (Lipinski definition) is 2. The Morgan fingerprint density at radius 1 is 1.25 bits per heavy atom. The van der Waals surface area contributed by atoms with Gasteiger partial charge in [-0.15, -0.1) is 6.42 Å². The van der Waals surface area contributed by atoms with E-state index in [1.807, 2.05) is 26.0 Å². The van der Waals surface area contributed by atoms with Crippen LogP contribution in [0, 0.1) is 12.3 Å². The topological polar surface area (TPSA) is 18.5 Å². The molecule has 1 aromatic carbocycles. The second-order valence-corrected chi connectivity index (χ2v) is 4.82. The van der Waals surface area contributed by atoms with Crippen molar-refractivity contribution in [3.05, 3.63) is 22.2 Å². The lowest BCUT2D eigenvalue weighted by Crippen LogP contribution is -2.14. The van der Waals surface area contributed by atoms with Gasteiger partial charge in [0.05, 0.1) is 24.1 Å². The van der Waals surface area contributed by atoms with Crippen LogP contribution >= 0.6 is 15.9 Å². The van der Waals surface area contributed by atoms with Gasteiger partial charge in [-0.05, 0) is 47.5 Å². The smallest absolute Gasteiger partial charge is 0.174 e. The zero-order chi connectivity index (χ0) is 12.3. The Hall–Kier alpha value is -1.14. The number of ether oxygens (including phenoxy) is 2. The summed E-state index contributed by atoms with van der Waals surface area (Å²) in [6, 6.07) is 3.87. The fraction of sp³-hybridized carbons (Fsp3) is 0.385. The summed E-state index contributed by atoms with van der Waals surface area (Å²) in [6.45, 7) is 3.97. The molecule has 1 aromatic rings. The third kappa shape index (κ3) is 2.33. The van der Waals surface area contributed by atoms with Crippen molar-refractivity contribution >= 4 is 15.9 Å². The molecule has 0 saturated heterocycles. The van der Waals surface area contributed by atoms with Crippen molar-refractivity contribution in [2.24, 2.45) is 0 Å². The molecule has 0 saturated carbocycles. The Balaban J connectivity index is 3.38. The molecule has 3 heteroatoms. The Labute approximate surface area is 105 Å². The molecule has 0 heterocycles. The van der Waals surface area contributed by atoms with Crippen molar-refractivity contribution in [1.29, 1.82) is 0 Å². The van der Waals surface area contributed by atoms with E-state index < -0.39 is 0 Å². The fourth-order valence-corrected chi connectivity index (χ4v) is 1.97. The van der Waals surface area contributed by atoms with E-state index in [0.29, 0.717) is 11.5 Å². The van der Waals surface area contributed by atoms with E-state index >= 15 is 0 Å². The summed E-state index contributed by atoms with van der Waals surface area (Å²) in [7, 11) is 3.21. The minimum absolute atomic E-state index is 0.331. The highest BCUT2D eigenvalue weighted by Gasteiger charge is 2.21. The summed E-state index contributed by atoms with van der Waals surface area (Å²) in [5.74, 6) is 4.11. The molecule has 0 aliphatic rings. The van der Waals surface area contributed by atoms with Crippen LogP contribution in [0.5, 0.6) is 11.5 Å². The van der Waals surface area contributed by atoms with Crippen molar-refractivity contribution in [3.8, 4) is 23.8 Å². The SMILES string of the molecule is C#CC(C)(C)c1cc(Br)c(OC)c(OC)c1. The van der Waals surface area contributed by atoms with E-state index in [1.54, 1.807) is 14.2 Å². The van der Waals surface area contributed by atoms with Gasteiger partial charge in [0, 0.05) is 0 Å². The average molecular weight is 283 g/mol. The maximum atomic E-state index is 5.51. The van der Waals surface area contributed by atoms with E-state index in [9.17, 15) is 0 Å². The van der Waals surface area contributed by atoms with Gasteiger partial charge in [0.15, 0.2) is 11.5 Å². The molecule has 0 aliphatic carbocycles. The number of hydrogen-bond donors (Lipinski definition) is 0. The first-order chi connectivity index (χ1) is 7.46. The van der Waals surface area contributed by atoms with Gasteiger partial charge in [-0.25, -0.2) is 0 Å². The first-order valence-electron chi connectivity index (χ1n) is 4.86. The van der Waals surface area contributed by atoms with Crippen LogP contribution < -0.4 is 9.47 Å². The summed E-state index contributed by atoms with van der Waals surface area (Å²) in [6.07, 6.45) is 5.51. The van der Waals surface area contributed by atoms with E-state index in [1.165, 1.54) is 0 Å². The lowest BCUT2D eigenvalue weighted by molar-refractivity contribution is 0.352. The Morgan fingerprint density at radius 3 is 2.31 bits per heavy atom. The van der Waals surface area contributed by atoms with Gasteiger partial charge in [-0.3, -0.25) is 0 Å². The minimum atomic E-state index is -0.331. The van der Waals surface area contributed by atoms with Gasteiger partial charge >= 0.3 is 0 Å². The third-order valence-corrected chi connectivity index (χ3v) is 3.11. The van der Waals surface area contributed by atoms with Crippen LogP contribution in [0.4, 0.5) is 0 Å². The number of rotatable bonds is 3. The predicted octanol–water partition coefficient (Wildman–Crippen LogP) is 3.38.